The van der Waals surface area contributed by atoms with Crippen LogP contribution in [0.15, 0.2) is 4.52 Å². The fraction of sp³-hybridized carbons (Fsp3) is 0.800. The van der Waals surface area contributed by atoms with Crippen molar-refractivity contribution in [2.45, 2.75) is 65.2 Å². The molecule has 0 radical (unpaired) electrons. The normalized spacial score (nSPS) is 28.5. The van der Waals surface area contributed by atoms with E-state index in [1.807, 2.05) is 13.8 Å². The lowest BCUT2D eigenvalue weighted by molar-refractivity contribution is -0.0999. The maximum absolute atomic E-state index is 5.28. The predicted molar refractivity (Wildman–Crippen MR) is 75.0 cm³/mol. The van der Waals surface area contributed by atoms with Crippen molar-refractivity contribution in [1.82, 2.24) is 15.0 Å². The van der Waals surface area contributed by atoms with Crippen LogP contribution in [0.4, 0.5) is 0 Å². The van der Waals surface area contributed by atoms with Crippen LogP contribution < -0.4 is 0 Å². The van der Waals surface area contributed by atoms with E-state index in [1.165, 1.54) is 25.1 Å². The largest absolute Gasteiger partial charge is 0.361 e. The molecule has 2 aliphatic rings. The summed E-state index contributed by atoms with van der Waals surface area (Å²) < 4.78 is 5.28. The standard InChI is InChI=1S/C15H25N3O/c1-10-14(11(2)19-16-10)9-18-12-6-13(18)8-17(7-12)15(3,4)5/h12-13H,6-9H2,1-5H3. The van der Waals surface area contributed by atoms with Crippen molar-refractivity contribution >= 4 is 0 Å². The summed E-state index contributed by atoms with van der Waals surface area (Å²) in [6, 6.07) is 1.43. The molecule has 2 atom stereocenters. The van der Waals surface area contributed by atoms with Crippen LogP contribution in [0.25, 0.3) is 0 Å². The van der Waals surface area contributed by atoms with E-state index < -0.39 is 0 Å². The number of hydrogen-bond acceptors (Lipinski definition) is 4. The number of aryl methyl sites for hydroxylation is 2. The molecule has 0 aliphatic carbocycles. The highest BCUT2D eigenvalue weighted by Gasteiger charge is 2.46. The van der Waals surface area contributed by atoms with Gasteiger partial charge in [-0.1, -0.05) is 5.16 Å². The van der Waals surface area contributed by atoms with E-state index >= 15 is 0 Å². The van der Waals surface area contributed by atoms with E-state index in [-0.39, 0.29) is 0 Å². The molecular formula is C15H25N3O. The molecule has 4 nitrogen and oxygen atoms in total. The SMILES string of the molecule is Cc1noc(C)c1CN1C2CC1CN(C(C)(C)C)C2. The monoisotopic (exact) mass is 263 g/mol. The lowest BCUT2D eigenvalue weighted by Gasteiger charge is -2.59. The number of rotatable bonds is 2. The lowest BCUT2D eigenvalue weighted by atomic mass is 9.84. The molecule has 0 N–H and O–H groups in total. The van der Waals surface area contributed by atoms with Crippen molar-refractivity contribution in [2.24, 2.45) is 0 Å². The number of likely N-dealkylation sites (tertiary alicyclic amines) is 2. The van der Waals surface area contributed by atoms with Gasteiger partial charge in [-0.25, -0.2) is 0 Å². The first-order valence-electron chi connectivity index (χ1n) is 7.29. The first-order chi connectivity index (χ1) is 8.86. The van der Waals surface area contributed by atoms with Crippen LogP contribution in [0.3, 0.4) is 0 Å². The topological polar surface area (TPSA) is 32.5 Å². The van der Waals surface area contributed by atoms with Crippen molar-refractivity contribution in [3.63, 3.8) is 0 Å². The van der Waals surface area contributed by atoms with Gasteiger partial charge in [-0.3, -0.25) is 9.80 Å². The Morgan fingerprint density at radius 1 is 1.21 bits per heavy atom. The van der Waals surface area contributed by atoms with E-state index in [0.29, 0.717) is 17.6 Å². The van der Waals surface area contributed by atoms with Crippen LogP contribution in [0.2, 0.25) is 0 Å². The van der Waals surface area contributed by atoms with Crippen LogP contribution in [-0.2, 0) is 6.54 Å². The van der Waals surface area contributed by atoms with Crippen LogP contribution in [-0.4, -0.2) is 45.7 Å². The van der Waals surface area contributed by atoms with Crippen molar-refractivity contribution in [3.05, 3.63) is 17.0 Å². The van der Waals surface area contributed by atoms with E-state index in [2.05, 4.69) is 35.7 Å². The smallest absolute Gasteiger partial charge is 0.138 e. The second-order valence-electron chi connectivity index (χ2n) is 7.09. The zero-order chi connectivity index (χ0) is 13.8. The molecule has 0 aromatic carbocycles. The number of hydrogen-bond donors (Lipinski definition) is 0. The summed E-state index contributed by atoms with van der Waals surface area (Å²) in [7, 11) is 0. The molecule has 1 aromatic rings. The summed E-state index contributed by atoms with van der Waals surface area (Å²) in [5.74, 6) is 0.982. The molecule has 0 amide bonds. The minimum atomic E-state index is 0.298. The van der Waals surface area contributed by atoms with Gasteiger partial charge in [0.25, 0.3) is 0 Å². The molecule has 3 heterocycles. The molecule has 19 heavy (non-hydrogen) atoms. The summed E-state index contributed by atoms with van der Waals surface area (Å²) in [5, 5.41) is 4.06. The van der Waals surface area contributed by atoms with Gasteiger partial charge >= 0.3 is 0 Å². The highest BCUT2D eigenvalue weighted by molar-refractivity contribution is 5.22. The van der Waals surface area contributed by atoms with Gasteiger partial charge in [0.2, 0.25) is 0 Å². The second kappa shape index (κ2) is 4.32. The van der Waals surface area contributed by atoms with Crippen LogP contribution in [0.5, 0.6) is 0 Å². The van der Waals surface area contributed by atoms with Gasteiger partial charge in [0, 0.05) is 42.8 Å². The Kier molecular flexibility index (Phi) is 2.98. The van der Waals surface area contributed by atoms with Gasteiger partial charge in [0.1, 0.15) is 5.76 Å². The summed E-state index contributed by atoms with van der Waals surface area (Å²) in [6.07, 6.45) is 1.36. The molecular weight excluding hydrogens is 238 g/mol. The number of piperazine rings is 1. The quantitative estimate of drug-likeness (QED) is 0.820. The second-order valence-corrected chi connectivity index (χ2v) is 7.09. The lowest BCUT2D eigenvalue weighted by Crippen LogP contribution is -2.70. The molecule has 2 bridgehead atoms. The molecule has 1 aromatic heterocycles. The molecule has 106 valence electrons. The first-order valence-corrected chi connectivity index (χ1v) is 7.29. The van der Waals surface area contributed by atoms with Crippen molar-refractivity contribution in [1.29, 1.82) is 0 Å². The molecule has 2 fully saturated rings. The molecule has 2 saturated heterocycles. The van der Waals surface area contributed by atoms with Gasteiger partial charge in [-0.05, 0) is 41.0 Å². The van der Waals surface area contributed by atoms with Crippen molar-refractivity contribution in [3.8, 4) is 0 Å². The molecule has 2 unspecified atom stereocenters. The number of aromatic nitrogens is 1. The maximum Gasteiger partial charge on any atom is 0.138 e. The molecule has 3 rings (SSSR count). The highest BCUT2D eigenvalue weighted by Crippen LogP contribution is 2.37. The van der Waals surface area contributed by atoms with Crippen LogP contribution >= 0.6 is 0 Å². The first kappa shape index (κ1) is 13.1. The fourth-order valence-corrected chi connectivity index (χ4v) is 3.40. The van der Waals surface area contributed by atoms with E-state index in [0.717, 1.165) is 18.0 Å². The van der Waals surface area contributed by atoms with Crippen molar-refractivity contribution < 1.29 is 4.52 Å². The number of nitrogens with zero attached hydrogens (tertiary/aromatic N) is 3. The highest BCUT2D eigenvalue weighted by atomic mass is 16.5. The Labute approximate surface area is 115 Å². The molecule has 4 heteroatoms. The summed E-state index contributed by atoms with van der Waals surface area (Å²) in [4.78, 5) is 5.25. The van der Waals surface area contributed by atoms with Crippen LogP contribution in [0, 0.1) is 13.8 Å². The third-order valence-electron chi connectivity index (χ3n) is 4.82. The van der Waals surface area contributed by atoms with Gasteiger partial charge in [-0.15, -0.1) is 0 Å². The number of fused-ring (bicyclic) bond motifs is 2. The Balaban J connectivity index is 1.68. The molecule has 0 spiro atoms. The van der Waals surface area contributed by atoms with Gasteiger partial charge < -0.3 is 4.52 Å². The summed E-state index contributed by atoms with van der Waals surface area (Å²) >= 11 is 0. The van der Waals surface area contributed by atoms with E-state index in [9.17, 15) is 0 Å². The third kappa shape index (κ3) is 2.21. The van der Waals surface area contributed by atoms with E-state index in [4.69, 9.17) is 4.52 Å². The zero-order valence-electron chi connectivity index (χ0n) is 12.7. The predicted octanol–water partition coefficient (Wildman–Crippen LogP) is 2.35. The zero-order valence-corrected chi connectivity index (χ0v) is 12.7. The Morgan fingerprint density at radius 2 is 1.84 bits per heavy atom. The van der Waals surface area contributed by atoms with Gasteiger partial charge in [-0.2, -0.15) is 0 Å². The Hall–Kier alpha value is -0.870. The van der Waals surface area contributed by atoms with Crippen LogP contribution in [0.1, 0.15) is 44.2 Å². The van der Waals surface area contributed by atoms with Crippen molar-refractivity contribution in [2.75, 3.05) is 13.1 Å². The van der Waals surface area contributed by atoms with E-state index in [1.54, 1.807) is 0 Å². The number of piperidine rings is 1. The third-order valence-corrected chi connectivity index (χ3v) is 4.82. The van der Waals surface area contributed by atoms with Gasteiger partial charge in [0.05, 0.1) is 5.69 Å². The summed E-state index contributed by atoms with van der Waals surface area (Å²) in [6.45, 7) is 14.4. The average molecular weight is 263 g/mol. The Bertz CT molecular complexity index is 443. The average Bonchev–Trinajstić information content (AvgIpc) is 2.65. The van der Waals surface area contributed by atoms with Gasteiger partial charge in [0.15, 0.2) is 0 Å². The molecule has 2 aliphatic heterocycles. The summed E-state index contributed by atoms with van der Waals surface area (Å²) in [5.41, 5.74) is 2.64. The maximum atomic E-state index is 5.28. The molecule has 0 saturated carbocycles. The fourth-order valence-electron chi connectivity index (χ4n) is 3.40. The minimum absolute atomic E-state index is 0.298. The minimum Gasteiger partial charge on any atom is -0.361 e. The Morgan fingerprint density at radius 3 is 2.32 bits per heavy atom.